The van der Waals surface area contributed by atoms with Crippen LogP contribution in [0.5, 0.6) is 0 Å². The van der Waals surface area contributed by atoms with Crippen molar-refractivity contribution in [3.8, 4) is 0 Å². The van der Waals surface area contributed by atoms with Crippen molar-refractivity contribution in [3.05, 3.63) is 28.1 Å². The standard InChI is InChI=1S/C15H17ClN4O3S2/c1-10-9-24-14(17-10)25(21,22)15(2-3-15)11-8-12(19-13(16)18-11)20-4-6-23-7-5-20/h8-9H,2-7H2,1H3. The number of morpholine rings is 1. The van der Waals surface area contributed by atoms with Gasteiger partial charge in [0.2, 0.25) is 19.5 Å². The van der Waals surface area contributed by atoms with Gasteiger partial charge < -0.3 is 9.64 Å². The minimum absolute atomic E-state index is 0.0655. The molecule has 2 aromatic rings. The van der Waals surface area contributed by atoms with Crippen LogP contribution in [0.15, 0.2) is 15.8 Å². The molecule has 2 fully saturated rings. The Morgan fingerprint density at radius 1 is 1.24 bits per heavy atom. The van der Waals surface area contributed by atoms with Gasteiger partial charge in [-0.1, -0.05) is 0 Å². The van der Waals surface area contributed by atoms with Gasteiger partial charge in [-0.05, 0) is 31.4 Å². The van der Waals surface area contributed by atoms with Crippen molar-refractivity contribution in [1.29, 1.82) is 0 Å². The summed E-state index contributed by atoms with van der Waals surface area (Å²) in [6.45, 7) is 4.39. The summed E-state index contributed by atoms with van der Waals surface area (Å²) in [5, 5.41) is 1.81. The number of halogens is 1. The molecule has 2 aromatic heterocycles. The van der Waals surface area contributed by atoms with Gasteiger partial charge in [0.05, 0.1) is 18.9 Å². The van der Waals surface area contributed by atoms with Crippen molar-refractivity contribution < 1.29 is 13.2 Å². The highest BCUT2D eigenvalue weighted by molar-refractivity contribution is 7.94. The number of hydrogen-bond donors (Lipinski definition) is 0. The Morgan fingerprint density at radius 2 is 1.96 bits per heavy atom. The highest BCUT2D eigenvalue weighted by atomic mass is 35.5. The van der Waals surface area contributed by atoms with E-state index in [1.165, 1.54) is 0 Å². The number of aromatic nitrogens is 3. The molecule has 4 rings (SSSR count). The molecule has 134 valence electrons. The highest BCUT2D eigenvalue weighted by Gasteiger charge is 2.59. The summed E-state index contributed by atoms with van der Waals surface area (Å²) in [4.78, 5) is 14.7. The number of thiazole rings is 1. The Morgan fingerprint density at radius 3 is 2.56 bits per heavy atom. The molecule has 10 heteroatoms. The number of hydrogen-bond acceptors (Lipinski definition) is 8. The van der Waals surface area contributed by atoms with E-state index < -0.39 is 14.6 Å². The third-order valence-corrected chi connectivity index (χ3v) is 8.60. The average Bonchev–Trinajstić information content (AvgIpc) is 3.31. The van der Waals surface area contributed by atoms with Gasteiger partial charge in [0.25, 0.3) is 0 Å². The molecule has 7 nitrogen and oxygen atoms in total. The largest absolute Gasteiger partial charge is 0.378 e. The first-order chi connectivity index (χ1) is 11.9. The van der Waals surface area contributed by atoms with Gasteiger partial charge in [-0.2, -0.15) is 0 Å². The number of nitrogens with zero attached hydrogens (tertiary/aromatic N) is 4. The van der Waals surface area contributed by atoms with Gasteiger partial charge >= 0.3 is 0 Å². The maximum absolute atomic E-state index is 13.1. The number of rotatable bonds is 4. The van der Waals surface area contributed by atoms with E-state index in [-0.39, 0.29) is 9.62 Å². The minimum Gasteiger partial charge on any atom is -0.378 e. The van der Waals surface area contributed by atoms with Crippen LogP contribution in [0.4, 0.5) is 5.82 Å². The fraction of sp³-hybridized carbons (Fsp3) is 0.533. The van der Waals surface area contributed by atoms with Crippen molar-refractivity contribution in [1.82, 2.24) is 15.0 Å². The van der Waals surface area contributed by atoms with E-state index in [0.29, 0.717) is 56.4 Å². The third-order valence-electron chi connectivity index (χ3n) is 4.53. The van der Waals surface area contributed by atoms with E-state index in [0.717, 1.165) is 11.3 Å². The topological polar surface area (TPSA) is 85.3 Å². The van der Waals surface area contributed by atoms with E-state index in [9.17, 15) is 8.42 Å². The van der Waals surface area contributed by atoms with E-state index in [4.69, 9.17) is 16.3 Å². The van der Waals surface area contributed by atoms with Gasteiger partial charge in [-0.25, -0.2) is 23.4 Å². The molecule has 0 N–H and O–H groups in total. The predicted molar refractivity (Wildman–Crippen MR) is 95.0 cm³/mol. The third kappa shape index (κ3) is 2.92. The first kappa shape index (κ1) is 17.1. The molecule has 25 heavy (non-hydrogen) atoms. The summed E-state index contributed by atoms with van der Waals surface area (Å²) >= 11 is 7.27. The van der Waals surface area contributed by atoms with Crippen LogP contribution < -0.4 is 4.90 Å². The van der Waals surface area contributed by atoms with Crippen LogP contribution in [-0.4, -0.2) is 49.7 Å². The molecule has 1 saturated carbocycles. The summed E-state index contributed by atoms with van der Waals surface area (Å²) in [5.41, 5.74) is 1.16. The molecule has 0 unspecified atom stereocenters. The summed E-state index contributed by atoms with van der Waals surface area (Å²) in [6, 6.07) is 1.75. The van der Waals surface area contributed by atoms with Crippen LogP contribution >= 0.6 is 22.9 Å². The second kappa shape index (κ2) is 6.15. The molecular formula is C15H17ClN4O3S2. The van der Waals surface area contributed by atoms with Crippen molar-refractivity contribution in [2.75, 3.05) is 31.2 Å². The molecular weight excluding hydrogens is 384 g/mol. The van der Waals surface area contributed by atoms with E-state index in [2.05, 4.69) is 15.0 Å². The molecule has 0 radical (unpaired) electrons. The zero-order valence-electron chi connectivity index (χ0n) is 13.6. The Labute approximate surface area is 154 Å². The summed E-state index contributed by atoms with van der Waals surface area (Å²) in [6.07, 6.45) is 1.04. The smallest absolute Gasteiger partial charge is 0.224 e. The molecule has 1 saturated heterocycles. The number of sulfone groups is 1. The Balaban J connectivity index is 1.75. The first-order valence-electron chi connectivity index (χ1n) is 7.97. The van der Waals surface area contributed by atoms with Crippen LogP contribution in [0.3, 0.4) is 0 Å². The lowest BCUT2D eigenvalue weighted by molar-refractivity contribution is 0.122. The van der Waals surface area contributed by atoms with Crippen LogP contribution in [0.25, 0.3) is 0 Å². The van der Waals surface area contributed by atoms with Gasteiger partial charge in [-0.15, -0.1) is 11.3 Å². The Hall–Kier alpha value is -1.29. The maximum Gasteiger partial charge on any atom is 0.224 e. The SMILES string of the molecule is Cc1csc(S(=O)(=O)C2(c3cc(N4CCOCC4)nc(Cl)n3)CC2)n1. The molecule has 0 bridgehead atoms. The fourth-order valence-corrected chi connectivity index (χ4v) is 6.44. The second-order valence-corrected chi connectivity index (χ2v) is 9.86. The van der Waals surface area contributed by atoms with Gasteiger partial charge in [-0.3, -0.25) is 0 Å². The predicted octanol–water partition coefficient (Wildman–Crippen LogP) is 2.19. The van der Waals surface area contributed by atoms with Crippen molar-refractivity contribution >= 4 is 38.6 Å². The van der Waals surface area contributed by atoms with Crippen molar-refractivity contribution in [3.63, 3.8) is 0 Å². The Bertz CT molecular complexity index is 905. The lowest BCUT2D eigenvalue weighted by atomic mass is 10.2. The van der Waals surface area contributed by atoms with Gasteiger partial charge in [0.1, 0.15) is 10.6 Å². The zero-order valence-corrected chi connectivity index (χ0v) is 16.0. The quantitative estimate of drug-likeness (QED) is 0.727. The van der Waals surface area contributed by atoms with Crippen LogP contribution in [0.2, 0.25) is 5.28 Å². The number of ether oxygens (including phenoxy) is 1. The molecule has 1 aliphatic heterocycles. The average molecular weight is 401 g/mol. The van der Waals surface area contributed by atoms with E-state index in [1.807, 2.05) is 4.90 Å². The number of anilines is 1. The van der Waals surface area contributed by atoms with Gasteiger partial charge in [0, 0.05) is 30.2 Å². The molecule has 2 aliphatic rings. The lowest BCUT2D eigenvalue weighted by Gasteiger charge is -2.28. The minimum atomic E-state index is -3.61. The maximum atomic E-state index is 13.1. The van der Waals surface area contributed by atoms with Crippen molar-refractivity contribution in [2.24, 2.45) is 0 Å². The zero-order chi connectivity index (χ0) is 17.7. The molecule has 0 aromatic carbocycles. The van der Waals surface area contributed by atoms with Crippen LogP contribution in [-0.2, 0) is 19.3 Å². The molecule has 1 aliphatic carbocycles. The molecule has 3 heterocycles. The van der Waals surface area contributed by atoms with E-state index >= 15 is 0 Å². The lowest BCUT2D eigenvalue weighted by Crippen LogP contribution is -2.37. The monoisotopic (exact) mass is 400 g/mol. The number of aryl methyl sites for hydroxylation is 1. The Kier molecular flexibility index (Phi) is 4.22. The second-order valence-electron chi connectivity index (χ2n) is 6.23. The van der Waals surface area contributed by atoms with Gasteiger partial charge in [0.15, 0.2) is 0 Å². The van der Waals surface area contributed by atoms with E-state index in [1.54, 1.807) is 18.4 Å². The fourth-order valence-electron chi connectivity index (χ4n) is 2.99. The molecule has 0 atom stereocenters. The highest BCUT2D eigenvalue weighted by Crippen LogP contribution is 2.55. The van der Waals surface area contributed by atoms with Crippen LogP contribution in [0, 0.1) is 6.92 Å². The molecule has 0 spiro atoms. The van der Waals surface area contributed by atoms with Crippen LogP contribution in [0.1, 0.15) is 24.2 Å². The normalized spacial score (nSPS) is 19.8. The van der Waals surface area contributed by atoms with Crippen molar-refractivity contribution in [2.45, 2.75) is 28.9 Å². The first-order valence-corrected chi connectivity index (χ1v) is 10.7. The molecule has 0 amide bonds. The summed E-state index contributed by atoms with van der Waals surface area (Å²) in [7, 11) is -3.61. The summed E-state index contributed by atoms with van der Waals surface area (Å²) in [5.74, 6) is 0.648. The summed E-state index contributed by atoms with van der Waals surface area (Å²) < 4.78 is 30.7.